The number of likely N-dealkylation sites (tertiary alicyclic amines) is 1. The second kappa shape index (κ2) is 8.06. The van der Waals surface area contributed by atoms with Gasteiger partial charge in [-0.15, -0.1) is 0 Å². The summed E-state index contributed by atoms with van der Waals surface area (Å²) in [5.41, 5.74) is 2.29. The van der Waals surface area contributed by atoms with Crippen LogP contribution in [0.4, 0.5) is 4.39 Å². The van der Waals surface area contributed by atoms with Gasteiger partial charge in [-0.2, -0.15) is 5.10 Å². The third-order valence-electron chi connectivity index (χ3n) is 4.59. The maximum atomic E-state index is 12.8. The van der Waals surface area contributed by atoms with Gasteiger partial charge in [-0.25, -0.2) is 4.39 Å². The van der Waals surface area contributed by atoms with Crippen LogP contribution in [0.5, 0.6) is 0 Å². The number of rotatable bonds is 6. The quantitative estimate of drug-likeness (QED) is 0.852. The molecule has 6 heteroatoms. The first-order valence-corrected chi connectivity index (χ1v) is 8.43. The van der Waals surface area contributed by atoms with Gasteiger partial charge in [0, 0.05) is 12.7 Å². The number of nitrogens with zero attached hydrogens (tertiary/aromatic N) is 2. The van der Waals surface area contributed by atoms with Gasteiger partial charge in [-0.1, -0.05) is 12.1 Å². The third kappa shape index (κ3) is 4.64. The lowest BCUT2D eigenvalue weighted by Gasteiger charge is -2.30. The van der Waals surface area contributed by atoms with Crippen LogP contribution in [0.15, 0.2) is 36.7 Å². The minimum absolute atomic E-state index is 0.0545. The van der Waals surface area contributed by atoms with Crippen molar-refractivity contribution in [3.8, 4) is 0 Å². The molecule has 1 aliphatic rings. The maximum absolute atomic E-state index is 12.8. The number of halogens is 1. The summed E-state index contributed by atoms with van der Waals surface area (Å²) in [5, 5.41) is 9.81. The van der Waals surface area contributed by atoms with Crippen molar-refractivity contribution in [3.63, 3.8) is 0 Å². The smallest absolute Gasteiger partial charge is 0.234 e. The average molecular weight is 330 g/mol. The number of hydrogen-bond acceptors (Lipinski definition) is 3. The molecule has 1 aromatic carbocycles. The second-order valence-corrected chi connectivity index (χ2v) is 6.31. The molecule has 0 radical (unpaired) electrons. The van der Waals surface area contributed by atoms with E-state index >= 15 is 0 Å². The fourth-order valence-corrected chi connectivity index (χ4v) is 3.16. The molecule has 0 unspecified atom stereocenters. The molecular formula is C18H23FN4O. The van der Waals surface area contributed by atoms with E-state index in [0.29, 0.717) is 25.4 Å². The summed E-state index contributed by atoms with van der Waals surface area (Å²) >= 11 is 0. The number of benzene rings is 1. The molecule has 1 fully saturated rings. The molecule has 1 amide bonds. The maximum Gasteiger partial charge on any atom is 0.234 e. The summed E-state index contributed by atoms with van der Waals surface area (Å²) in [5.74, 6) is 0.363. The van der Waals surface area contributed by atoms with Crippen molar-refractivity contribution in [2.45, 2.75) is 25.2 Å². The van der Waals surface area contributed by atoms with E-state index in [2.05, 4.69) is 20.4 Å². The number of nitrogens with one attached hydrogen (secondary N) is 2. The molecule has 0 bridgehead atoms. The van der Waals surface area contributed by atoms with Crippen LogP contribution in [0, 0.1) is 5.82 Å². The summed E-state index contributed by atoms with van der Waals surface area (Å²) in [7, 11) is 0. The molecular weight excluding hydrogens is 307 g/mol. The first-order valence-electron chi connectivity index (χ1n) is 8.43. The number of carbonyl (C=O) groups is 1. The van der Waals surface area contributed by atoms with Crippen molar-refractivity contribution >= 4 is 5.91 Å². The number of aromatic nitrogens is 2. The Morgan fingerprint density at radius 1 is 1.29 bits per heavy atom. The van der Waals surface area contributed by atoms with Crippen molar-refractivity contribution in [3.05, 3.63) is 53.6 Å². The number of hydrogen-bond donors (Lipinski definition) is 2. The zero-order valence-corrected chi connectivity index (χ0v) is 13.7. The molecule has 5 nitrogen and oxygen atoms in total. The highest BCUT2D eigenvalue weighted by molar-refractivity contribution is 5.78. The van der Waals surface area contributed by atoms with E-state index in [1.54, 1.807) is 12.1 Å². The molecule has 3 rings (SSSR count). The van der Waals surface area contributed by atoms with Crippen molar-refractivity contribution < 1.29 is 9.18 Å². The molecule has 1 aromatic heterocycles. The van der Waals surface area contributed by atoms with Gasteiger partial charge in [-0.05, 0) is 61.5 Å². The van der Waals surface area contributed by atoms with Crippen LogP contribution in [0.3, 0.4) is 0 Å². The van der Waals surface area contributed by atoms with Crippen LogP contribution < -0.4 is 5.32 Å². The van der Waals surface area contributed by atoms with Gasteiger partial charge in [0.1, 0.15) is 5.82 Å². The van der Waals surface area contributed by atoms with E-state index in [-0.39, 0.29) is 11.7 Å². The van der Waals surface area contributed by atoms with Crippen LogP contribution in [-0.4, -0.2) is 47.2 Å². The van der Waals surface area contributed by atoms with Gasteiger partial charge in [0.05, 0.1) is 12.7 Å². The highest BCUT2D eigenvalue weighted by atomic mass is 19.1. The standard InChI is InChI=1S/C18H23FN4O/c19-17-3-1-14(2-4-17)5-8-20-18(24)13-23-9-6-15(7-10-23)16-11-21-22-12-16/h1-4,11-12,15H,5-10,13H2,(H,20,24)(H,21,22). The number of amides is 1. The molecule has 0 saturated carbocycles. The Kier molecular flexibility index (Phi) is 5.59. The van der Waals surface area contributed by atoms with Crippen LogP contribution in [0.25, 0.3) is 0 Å². The van der Waals surface area contributed by atoms with Crippen molar-refractivity contribution in [1.82, 2.24) is 20.4 Å². The van der Waals surface area contributed by atoms with E-state index in [4.69, 9.17) is 0 Å². The second-order valence-electron chi connectivity index (χ2n) is 6.31. The summed E-state index contributed by atoms with van der Waals surface area (Å²) < 4.78 is 12.8. The van der Waals surface area contributed by atoms with Gasteiger partial charge in [-0.3, -0.25) is 14.8 Å². The van der Waals surface area contributed by atoms with Gasteiger partial charge < -0.3 is 5.32 Å². The summed E-state index contributed by atoms with van der Waals surface area (Å²) in [6.45, 7) is 2.89. The Balaban J connectivity index is 1.34. The van der Waals surface area contributed by atoms with Crippen LogP contribution in [0.1, 0.15) is 29.9 Å². The van der Waals surface area contributed by atoms with Crippen molar-refractivity contribution in [1.29, 1.82) is 0 Å². The molecule has 2 aromatic rings. The van der Waals surface area contributed by atoms with Crippen LogP contribution in [0.2, 0.25) is 0 Å². The lowest BCUT2D eigenvalue weighted by Crippen LogP contribution is -2.41. The van der Waals surface area contributed by atoms with E-state index in [1.807, 2.05) is 12.4 Å². The number of carbonyl (C=O) groups excluding carboxylic acids is 1. The van der Waals surface area contributed by atoms with E-state index < -0.39 is 0 Å². The zero-order chi connectivity index (χ0) is 16.8. The highest BCUT2D eigenvalue weighted by Gasteiger charge is 2.22. The predicted molar refractivity (Wildman–Crippen MR) is 90.1 cm³/mol. The lowest BCUT2D eigenvalue weighted by molar-refractivity contribution is -0.122. The van der Waals surface area contributed by atoms with Crippen molar-refractivity contribution in [2.24, 2.45) is 0 Å². The van der Waals surface area contributed by atoms with E-state index in [1.165, 1.54) is 17.7 Å². The zero-order valence-electron chi connectivity index (χ0n) is 13.7. The Bertz CT molecular complexity index is 634. The summed E-state index contributed by atoms with van der Waals surface area (Å²) in [6.07, 6.45) is 6.68. The molecule has 0 spiro atoms. The van der Waals surface area contributed by atoms with Gasteiger partial charge in [0.15, 0.2) is 0 Å². The number of H-pyrrole nitrogens is 1. The first-order chi connectivity index (χ1) is 11.7. The van der Waals surface area contributed by atoms with Crippen LogP contribution in [-0.2, 0) is 11.2 Å². The van der Waals surface area contributed by atoms with E-state index in [0.717, 1.165) is 31.5 Å². The number of piperidine rings is 1. The van der Waals surface area contributed by atoms with Gasteiger partial charge in [0.2, 0.25) is 5.91 Å². The van der Waals surface area contributed by atoms with Crippen LogP contribution >= 0.6 is 0 Å². The Hall–Kier alpha value is -2.21. The van der Waals surface area contributed by atoms with Crippen molar-refractivity contribution in [2.75, 3.05) is 26.2 Å². The Morgan fingerprint density at radius 2 is 2.04 bits per heavy atom. The lowest BCUT2D eigenvalue weighted by atomic mass is 9.91. The minimum atomic E-state index is -0.235. The van der Waals surface area contributed by atoms with Gasteiger partial charge >= 0.3 is 0 Å². The van der Waals surface area contributed by atoms with Gasteiger partial charge in [0.25, 0.3) is 0 Å². The normalized spacial score (nSPS) is 16.2. The average Bonchev–Trinajstić information content (AvgIpc) is 3.12. The highest BCUT2D eigenvalue weighted by Crippen LogP contribution is 2.26. The third-order valence-corrected chi connectivity index (χ3v) is 4.59. The molecule has 0 atom stereocenters. The Labute approximate surface area is 141 Å². The topological polar surface area (TPSA) is 61.0 Å². The molecule has 24 heavy (non-hydrogen) atoms. The molecule has 1 saturated heterocycles. The molecule has 1 aliphatic heterocycles. The summed E-state index contributed by atoms with van der Waals surface area (Å²) in [6, 6.07) is 6.40. The summed E-state index contributed by atoms with van der Waals surface area (Å²) in [4.78, 5) is 14.2. The molecule has 2 N–H and O–H groups in total. The number of aromatic amines is 1. The fraction of sp³-hybridized carbons (Fsp3) is 0.444. The molecule has 128 valence electrons. The molecule has 0 aliphatic carbocycles. The largest absolute Gasteiger partial charge is 0.355 e. The molecule has 2 heterocycles. The first kappa shape index (κ1) is 16.6. The minimum Gasteiger partial charge on any atom is -0.355 e. The SMILES string of the molecule is O=C(CN1CCC(c2cn[nH]c2)CC1)NCCc1ccc(F)cc1. The Morgan fingerprint density at radius 3 is 2.71 bits per heavy atom. The monoisotopic (exact) mass is 330 g/mol. The van der Waals surface area contributed by atoms with E-state index in [9.17, 15) is 9.18 Å². The fourth-order valence-electron chi connectivity index (χ4n) is 3.16. The predicted octanol–water partition coefficient (Wildman–Crippen LogP) is 2.09.